The van der Waals surface area contributed by atoms with Crippen molar-refractivity contribution in [1.29, 1.82) is 0 Å². The predicted octanol–water partition coefficient (Wildman–Crippen LogP) is 3.13. The molecule has 1 saturated heterocycles. The number of benzene rings is 2. The van der Waals surface area contributed by atoms with E-state index in [-0.39, 0.29) is 0 Å². The highest BCUT2D eigenvalue weighted by molar-refractivity contribution is 5.93. The van der Waals surface area contributed by atoms with Crippen LogP contribution in [0.25, 0.3) is 0 Å². The molecule has 0 spiro atoms. The third kappa shape index (κ3) is 6.64. The first kappa shape index (κ1) is 21.9. The van der Waals surface area contributed by atoms with Gasteiger partial charge >= 0.3 is 0 Å². The average Bonchev–Trinajstić information content (AvgIpc) is 2.80. The quantitative estimate of drug-likeness (QED) is 0.375. The molecule has 30 heavy (non-hydrogen) atoms. The minimum atomic E-state index is 0.628. The average molecular weight is 413 g/mol. The van der Waals surface area contributed by atoms with Crippen molar-refractivity contribution in [3.8, 4) is 5.75 Å². The lowest BCUT2D eigenvalue weighted by atomic mass is 10.1. The molecule has 0 bridgehead atoms. The molecule has 1 aliphatic heterocycles. The number of nitrogens with zero attached hydrogens (tertiary/aromatic N) is 2. The van der Waals surface area contributed by atoms with Crippen molar-refractivity contribution in [2.45, 2.75) is 13.0 Å². The van der Waals surface area contributed by atoms with Crippen LogP contribution >= 0.6 is 0 Å². The van der Waals surface area contributed by atoms with E-state index in [1.54, 1.807) is 14.2 Å². The second kappa shape index (κ2) is 12.0. The maximum absolute atomic E-state index is 5.78. The number of guanidine groups is 1. The first-order valence-electron chi connectivity index (χ1n) is 10.4. The Hall–Kier alpha value is -2.77. The van der Waals surface area contributed by atoms with Gasteiger partial charge in [-0.2, -0.15) is 0 Å². The van der Waals surface area contributed by atoms with Crippen molar-refractivity contribution in [2.75, 3.05) is 63.9 Å². The zero-order valence-corrected chi connectivity index (χ0v) is 17.9. The fourth-order valence-electron chi connectivity index (χ4n) is 3.32. The molecule has 0 atom stereocenters. The normalized spacial score (nSPS) is 14.5. The Bertz CT molecular complexity index is 807. The summed E-state index contributed by atoms with van der Waals surface area (Å²) in [7, 11) is 3.47. The summed E-state index contributed by atoms with van der Waals surface area (Å²) in [6.45, 7) is 5.38. The van der Waals surface area contributed by atoms with Crippen LogP contribution in [0.1, 0.15) is 12.0 Å². The highest BCUT2D eigenvalue weighted by Gasteiger charge is 2.14. The van der Waals surface area contributed by atoms with Crippen LogP contribution in [0.15, 0.2) is 53.5 Å². The minimum Gasteiger partial charge on any atom is -0.493 e. The highest BCUT2D eigenvalue weighted by atomic mass is 16.5. The van der Waals surface area contributed by atoms with Crippen LogP contribution in [0, 0.1) is 0 Å². The number of hydrogen-bond donors (Lipinski definition) is 2. The van der Waals surface area contributed by atoms with E-state index >= 15 is 0 Å². The molecule has 0 amide bonds. The summed E-state index contributed by atoms with van der Waals surface area (Å²) in [5.74, 6) is 1.53. The van der Waals surface area contributed by atoms with Gasteiger partial charge in [-0.1, -0.05) is 24.3 Å². The molecule has 1 fully saturated rings. The second-order valence-electron chi connectivity index (χ2n) is 7.00. The van der Waals surface area contributed by atoms with Crippen LogP contribution in [-0.4, -0.2) is 59.6 Å². The summed E-state index contributed by atoms with van der Waals surface area (Å²) < 4.78 is 16.3. The van der Waals surface area contributed by atoms with E-state index in [2.05, 4.69) is 44.8 Å². The first-order valence-corrected chi connectivity index (χ1v) is 10.4. The lowest BCUT2D eigenvalue weighted by Gasteiger charge is -2.30. The van der Waals surface area contributed by atoms with Gasteiger partial charge < -0.3 is 29.7 Å². The fraction of sp³-hybridized carbons (Fsp3) is 0.435. The zero-order valence-electron chi connectivity index (χ0n) is 17.9. The molecule has 0 saturated carbocycles. The van der Waals surface area contributed by atoms with Crippen molar-refractivity contribution in [2.24, 2.45) is 4.99 Å². The van der Waals surface area contributed by atoms with Gasteiger partial charge in [-0.15, -0.1) is 0 Å². The lowest BCUT2D eigenvalue weighted by Crippen LogP contribution is -2.37. The van der Waals surface area contributed by atoms with Crippen molar-refractivity contribution in [3.05, 3.63) is 54.1 Å². The van der Waals surface area contributed by atoms with Crippen molar-refractivity contribution in [3.63, 3.8) is 0 Å². The summed E-state index contributed by atoms with van der Waals surface area (Å²) in [4.78, 5) is 6.74. The number of morpholine rings is 1. The molecule has 0 unspecified atom stereocenters. The van der Waals surface area contributed by atoms with Gasteiger partial charge in [-0.05, 0) is 23.8 Å². The highest BCUT2D eigenvalue weighted by Crippen LogP contribution is 2.22. The molecule has 2 N–H and O–H groups in total. The van der Waals surface area contributed by atoms with Gasteiger partial charge in [-0.3, -0.25) is 4.99 Å². The SMILES string of the molecule is CN=C(NCc1ccccc1N1CCOCC1)Nc1cccc(OCCCOC)c1. The Morgan fingerprint density at radius 1 is 1.10 bits per heavy atom. The van der Waals surface area contributed by atoms with Gasteiger partial charge in [0.15, 0.2) is 5.96 Å². The van der Waals surface area contributed by atoms with E-state index in [0.29, 0.717) is 25.7 Å². The van der Waals surface area contributed by atoms with E-state index < -0.39 is 0 Å². The van der Waals surface area contributed by atoms with Gasteiger partial charge in [0.2, 0.25) is 0 Å². The van der Waals surface area contributed by atoms with E-state index in [1.807, 2.05) is 24.3 Å². The van der Waals surface area contributed by atoms with Crippen LogP contribution in [-0.2, 0) is 16.0 Å². The molecular weight excluding hydrogens is 380 g/mol. The number of ether oxygens (including phenoxy) is 3. The molecule has 0 aliphatic carbocycles. The summed E-state index contributed by atoms with van der Waals surface area (Å²) >= 11 is 0. The van der Waals surface area contributed by atoms with Crippen molar-refractivity contribution in [1.82, 2.24) is 5.32 Å². The number of hydrogen-bond acceptors (Lipinski definition) is 5. The van der Waals surface area contributed by atoms with Crippen LogP contribution in [0.2, 0.25) is 0 Å². The van der Waals surface area contributed by atoms with Gasteiger partial charge in [0.05, 0.1) is 19.8 Å². The Morgan fingerprint density at radius 2 is 1.93 bits per heavy atom. The summed E-state index contributed by atoms with van der Waals surface area (Å²) in [6, 6.07) is 16.4. The Labute approximate surface area is 179 Å². The number of rotatable bonds is 9. The molecule has 7 heteroatoms. The van der Waals surface area contributed by atoms with Gasteiger partial charge in [0, 0.05) is 64.3 Å². The molecule has 162 valence electrons. The van der Waals surface area contributed by atoms with Gasteiger partial charge in [0.25, 0.3) is 0 Å². The van der Waals surface area contributed by atoms with Crippen LogP contribution < -0.4 is 20.3 Å². The molecule has 1 heterocycles. The third-order valence-electron chi connectivity index (χ3n) is 4.87. The molecule has 0 radical (unpaired) electrons. The van der Waals surface area contributed by atoms with E-state index in [9.17, 15) is 0 Å². The number of methoxy groups -OCH3 is 1. The maximum atomic E-state index is 5.78. The van der Waals surface area contributed by atoms with E-state index in [4.69, 9.17) is 14.2 Å². The van der Waals surface area contributed by atoms with E-state index in [0.717, 1.165) is 44.2 Å². The summed E-state index contributed by atoms with van der Waals surface area (Å²) in [5.41, 5.74) is 3.40. The molecule has 3 rings (SSSR count). The Kier molecular flexibility index (Phi) is 8.80. The number of nitrogens with one attached hydrogen (secondary N) is 2. The van der Waals surface area contributed by atoms with Crippen LogP contribution in [0.5, 0.6) is 5.75 Å². The molecular formula is C23H32N4O3. The second-order valence-corrected chi connectivity index (χ2v) is 7.00. The standard InChI is InChI=1S/C23H32N4O3/c1-24-23(26-20-8-5-9-21(17-20)30-14-6-13-28-2)25-18-19-7-3-4-10-22(19)27-11-15-29-16-12-27/h3-5,7-10,17H,6,11-16,18H2,1-2H3,(H2,24,25,26). The van der Waals surface area contributed by atoms with E-state index in [1.165, 1.54) is 11.3 Å². The Morgan fingerprint density at radius 3 is 2.73 bits per heavy atom. The lowest BCUT2D eigenvalue weighted by molar-refractivity contribution is 0.122. The topological polar surface area (TPSA) is 67.4 Å². The predicted molar refractivity (Wildman–Crippen MR) is 122 cm³/mol. The molecule has 7 nitrogen and oxygen atoms in total. The monoisotopic (exact) mass is 412 g/mol. The largest absolute Gasteiger partial charge is 0.493 e. The summed E-state index contributed by atoms with van der Waals surface area (Å²) in [6.07, 6.45) is 0.861. The summed E-state index contributed by atoms with van der Waals surface area (Å²) in [5, 5.41) is 6.76. The molecule has 1 aliphatic rings. The minimum absolute atomic E-state index is 0.628. The molecule has 2 aromatic carbocycles. The third-order valence-corrected chi connectivity index (χ3v) is 4.87. The van der Waals surface area contributed by atoms with Gasteiger partial charge in [0.1, 0.15) is 5.75 Å². The van der Waals surface area contributed by atoms with Crippen molar-refractivity contribution >= 4 is 17.3 Å². The Balaban J connectivity index is 1.57. The molecule has 0 aromatic heterocycles. The number of aliphatic imine (C=N–C) groups is 1. The maximum Gasteiger partial charge on any atom is 0.195 e. The number of para-hydroxylation sites is 1. The van der Waals surface area contributed by atoms with Crippen LogP contribution in [0.3, 0.4) is 0 Å². The zero-order chi connectivity index (χ0) is 21.0. The van der Waals surface area contributed by atoms with Crippen molar-refractivity contribution < 1.29 is 14.2 Å². The first-order chi connectivity index (χ1) is 14.8. The smallest absolute Gasteiger partial charge is 0.195 e. The fourth-order valence-corrected chi connectivity index (χ4v) is 3.32. The molecule has 2 aromatic rings. The number of anilines is 2. The van der Waals surface area contributed by atoms with Gasteiger partial charge in [-0.25, -0.2) is 0 Å². The van der Waals surface area contributed by atoms with Crippen LogP contribution in [0.4, 0.5) is 11.4 Å².